The van der Waals surface area contributed by atoms with Gasteiger partial charge in [-0.05, 0) is 12.8 Å². The number of nitrogens with one attached hydrogen (secondary N) is 1. The van der Waals surface area contributed by atoms with Crippen LogP contribution in [0.1, 0.15) is 39.4 Å². The number of hydrazine groups is 1. The number of alkyl halides is 3. The van der Waals surface area contributed by atoms with E-state index in [1.54, 1.807) is 0 Å². The van der Waals surface area contributed by atoms with E-state index in [9.17, 15) is 13.2 Å². The lowest BCUT2D eigenvalue weighted by Gasteiger charge is -2.27. The molecular weight excluding hydrogens is 283 g/mol. The van der Waals surface area contributed by atoms with E-state index in [1.165, 1.54) is 6.07 Å². The maximum atomic E-state index is 12.8. The molecule has 3 N–H and O–H groups in total. The molecule has 21 heavy (non-hydrogen) atoms. The predicted octanol–water partition coefficient (Wildman–Crippen LogP) is 3.04. The number of nitrogens with zero attached hydrogens (tertiary/aromatic N) is 3. The first kappa shape index (κ1) is 17.5. The van der Waals surface area contributed by atoms with Gasteiger partial charge in [0.2, 0.25) is 5.82 Å². The largest absolute Gasteiger partial charge is 0.451 e. The first-order valence-corrected chi connectivity index (χ1v) is 7.03. The van der Waals surface area contributed by atoms with Gasteiger partial charge in [0.25, 0.3) is 0 Å². The predicted molar refractivity (Wildman–Crippen MR) is 76.8 cm³/mol. The SMILES string of the molecule is CCC(CC)CN(CC)c1cc(NN)nc(C(F)(F)F)n1. The van der Waals surface area contributed by atoms with Crippen molar-refractivity contribution in [1.82, 2.24) is 9.97 Å². The second-order valence-electron chi connectivity index (χ2n) is 4.80. The average molecular weight is 305 g/mol. The monoisotopic (exact) mass is 305 g/mol. The van der Waals surface area contributed by atoms with Crippen LogP contribution in [0.2, 0.25) is 0 Å². The molecule has 0 aliphatic heterocycles. The standard InChI is InChI=1S/C13H22F3N5/c1-4-9(5-2)8-21(6-3)11-7-10(20-17)18-12(19-11)13(14,15)16/h7,9H,4-6,8,17H2,1-3H3,(H,18,19,20). The van der Waals surface area contributed by atoms with Crippen molar-refractivity contribution in [2.24, 2.45) is 11.8 Å². The summed E-state index contributed by atoms with van der Waals surface area (Å²) in [6.07, 6.45) is -2.67. The summed E-state index contributed by atoms with van der Waals surface area (Å²) in [5, 5.41) is 0. The zero-order valence-corrected chi connectivity index (χ0v) is 12.5. The molecule has 0 spiro atoms. The Morgan fingerprint density at radius 3 is 2.29 bits per heavy atom. The summed E-state index contributed by atoms with van der Waals surface area (Å²) in [6.45, 7) is 7.23. The third kappa shape index (κ3) is 4.73. The van der Waals surface area contributed by atoms with Crippen molar-refractivity contribution in [3.63, 3.8) is 0 Å². The van der Waals surface area contributed by atoms with Crippen LogP contribution in [-0.2, 0) is 6.18 Å². The number of halogens is 3. The molecule has 5 nitrogen and oxygen atoms in total. The molecule has 0 bridgehead atoms. The fourth-order valence-electron chi connectivity index (χ4n) is 2.04. The molecule has 0 radical (unpaired) electrons. The van der Waals surface area contributed by atoms with Gasteiger partial charge in [-0.2, -0.15) is 13.2 Å². The molecule has 0 atom stereocenters. The molecule has 1 rings (SSSR count). The van der Waals surface area contributed by atoms with Gasteiger partial charge in [0.05, 0.1) is 0 Å². The van der Waals surface area contributed by atoms with Crippen LogP contribution in [0.25, 0.3) is 0 Å². The Balaban J connectivity index is 3.13. The van der Waals surface area contributed by atoms with E-state index < -0.39 is 12.0 Å². The van der Waals surface area contributed by atoms with E-state index in [1.807, 2.05) is 11.8 Å². The molecule has 0 fully saturated rings. The highest BCUT2D eigenvalue weighted by atomic mass is 19.4. The van der Waals surface area contributed by atoms with Crippen molar-refractivity contribution in [2.45, 2.75) is 39.8 Å². The summed E-state index contributed by atoms with van der Waals surface area (Å²) in [5.41, 5.74) is 2.16. The minimum Gasteiger partial charge on any atom is -0.356 e. The highest BCUT2D eigenvalue weighted by Crippen LogP contribution is 2.29. The van der Waals surface area contributed by atoms with Gasteiger partial charge in [-0.3, -0.25) is 0 Å². The zero-order chi connectivity index (χ0) is 16.0. The van der Waals surface area contributed by atoms with Gasteiger partial charge in [-0.15, -0.1) is 0 Å². The number of hydrogen-bond acceptors (Lipinski definition) is 5. The molecule has 0 saturated heterocycles. The number of rotatable bonds is 7. The first-order chi connectivity index (χ1) is 9.85. The van der Waals surface area contributed by atoms with Crippen molar-refractivity contribution in [3.8, 4) is 0 Å². The van der Waals surface area contributed by atoms with E-state index in [2.05, 4.69) is 29.2 Å². The Morgan fingerprint density at radius 1 is 1.24 bits per heavy atom. The van der Waals surface area contributed by atoms with Crippen molar-refractivity contribution in [3.05, 3.63) is 11.9 Å². The molecule has 8 heteroatoms. The fraction of sp³-hybridized carbons (Fsp3) is 0.692. The number of hydrogen-bond donors (Lipinski definition) is 2. The summed E-state index contributed by atoms with van der Waals surface area (Å²) in [4.78, 5) is 8.82. The lowest BCUT2D eigenvalue weighted by atomic mass is 10.0. The molecule has 0 aromatic carbocycles. The Bertz CT molecular complexity index is 446. The maximum Gasteiger partial charge on any atom is 0.451 e. The van der Waals surface area contributed by atoms with Crippen LogP contribution in [0.4, 0.5) is 24.8 Å². The fourth-order valence-corrected chi connectivity index (χ4v) is 2.04. The van der Waals surface area contributed by atoms with E-state index in [0.717, 1.165) is 12.8 Å². The smallest absolute Gasteiger partial charge is 0.356 e. The van der Waals surface area contributed by atoms with Gasteiger partial charge in [0.15, 0.2) is 0 Å². The molecule has 1 aromatic heterocycles. The normalized spacial score (nSPS) is 11.8. The Morgan fingerprint density at radius 2 is 1.86 bits per heavy atom. The van der Waals surface area contributed by atoms with Crippen LogP contribution in [0.5, 0.6) is 0 Å². The topological polar surface area (TPSA) is 67.1 Å². The van der Waals surface area contributed by atoms with Crippen molar-refractivity contribution < 1.29 is 13.2 Å². The van der Waals surface area contributed by atoms with E-state index in [0.29, 0.717) is 19.0 Å². The molecule has 0 unspecified atom stereocenters. The van der Waals surface area contributed by atoms with Gasteiger partial charge in [-0.25, -0.2) is 15.8 Å². The van der Waals surface area contributed by atoms with Gasteiger partial charge in [0, 0.05) is 19.2 Å². The molecule has 1 heterocycles. The summed E-state index contributed by atoms with van der Waals surface area (Å²) in [6, 6.07) is 1.43. The minimum absolute atomic E-state index is 0.0460. The summed E-state index contributed by atoms with van der Waals surface area (Å²) >= 11 is 0. The molecule has 0 aliphatic carbocycles. The quantitative estimate of drug-likeness (QED) is 0.598. The van der Waals surface area contributed by atoms with E-state index >= 15 is 0 Å². The number of nitrogen functional groups attached to an aromatic ring is 1. The van der Waals surface area contributed by atoms with E-state index in [-0.39, 0.29) is 11.6 Å². The van der Waals surface area contributed by atoms with Gasteiger partial charge < -0.3 is 10.3 Å². The first-order valence-electron chi connectivity index (χ1n) is 7.03. The highest BCUT2D eigenvalue weighted by Gasteiger charge is 2.36. The highest BCUT2D eigenvalue weighted by molar-refractivity contribution is 5.49. The molecule has 0 saturated carbocycles. The molecule has 1 aromatic rings. The number of anilines is 2. The maximum absolute atomic E-state index is 12.8. The van der Waals surface area contributed by atoms with Crippen LogP contribution in [0, 0.1) is 5.92 Å². The molecule has 0 aliphatic rings. The average Bonchev–Trinajstić information content (AvgIpc) is 2.47. The minimum atomic E-state index is -4.60. The van der Waals surface area contributed by atoms with Gasteiger partial charge >= 0.3 is 6.18 Å². The van der Waals surface area contributed by atoms with Crippen LogP contribution in [0.3, 0.4) is 0 Å². The Kier molecular flexibility index (Phi) is 6.19. The molecular formula is C13H22F3N5. The zero-order valence-electron chi connectivity index (χ0n) is 12.5. The lowest BCUT2D eigenvalue weighted by Crippen LogP contribution is -2.31. The van der Waals surface area contributed by atoms with Crippen LogP contribution in [-0.4, -0.2) is 23.1 Å². The Hall–Kier alpha value is -1.57. The third-order valence-electron chi connectivity index (χ3n) is 3.45. The number of aromatic nitrogens is 2. The van der Waals surface area contributed by atoms with Crippen LogP contribution >= 0.6 is 0 Å². The molecule has 0 amide bonds. The van der Waals surface area contributed by atoms with Crippen molar-refractivity contribution >= 4 is 11.6 Å². The van der Waals surface area contributed by atoms with Crippen LogP contribution < -0.4 is 16.2 Å². The lowest BCUT2D eigenvalue weighted by molar-refractivity contribution is -0.144. The number of nitrogens with two attached hydrogens (primary N) is 1. The second kappa shape index (κ2) is 7.44. The Labute approximate surface area is 122 Å². The summed E-state index contributed by atoms with van der Waals surface area (Å²) < 4.78 is 38.5. The van der Waals surface area contributed by atoms with Crippen molar-refractivity contribution in [1.29, 1.82) is 0 Å². The van der Waals surface area contributed by atoms with E-state index in [4.69, 9.17) is 5.84 Å². The summed E-state index contributed by atoms with van der Waals surface area (Å²) in [5.74, 6) is 4.61. The van der Waals surface area contributed by atoms with Gasteiger partial charge in [-0.1, -0.05) is 26.7 Å². The molecule has 120 valence electrons. The van der Waals surface area contributed by atoms with Crippen molar-refractivity contribution in [2.75, 3.05) is 23.4 Å². The third-order valence-corrected chi connectivity index (χ3v) is 3.45. The second-order valence-corrected chi connectivity index (χ2v) is 4.80. The van der Waals surface area contributed by atoms with Crippen LogP contribution in [0.15, 0.2) is 6.07 Å². The van der Waals surface area contributed by atoms with Gasteiger partial charge in [0.1, 0.15) is 11.6 Å². The summed E-state index contributed by atoms with van der Waals surface area (Å²) in [7, 11) is 0.